The van der Waals surface area contributed by atoms with Crippen molar-refractivity contribution in [3.8, 4) is 0 Å². The van der Waals surface area contributed by atoms with Gasteiger partial charge in [0.1, 0.15) is 11.8 Å². The van der Waals surface area contributed by atoms with E-state index in [4.69, 9.17) is 5.73 Å². The van der Waals surface area contributed by atoms with Crippen molar-refractivity contribution in [2.45, 2.75) is 18.1 Å². The van der Waals surface area contributed by atoms with Crippen molar-refractivity contribution in [3.63, 3.8) is 0 Å². The van der Waals surface area contributed by atoms with E-state index in [0.29, 0.717) is 16.7 Å². The predicted octanol–water partition coefficient (Wildman–Crippen LogP) is 2.34. The molecule has 0 aliphatic rings. The number of rotatable bonds is 7. The lowest BCUT2D eigenvalue weighted by molar-refractivity contribution is -0.107. The van der Waals surface area contributed by atoms with Gasteiger partial charge in [0.05, 0.1) is 6.54 Å². The smallest absolute Gasteiger partial charge is 0.328 e. The molecule has 0 radical (unpaired) electrons. The van der Waals surface area contributed by atoms with Crippen molar-refractivity contribution < 1.29 is 9.59 Å². The van der Waals surface area contributed by atoms with E-state index in [9.17, 15) is 14.4 Å². The molecule has 4 aromatic rings. The first-order valence-corrected chi connectivity index (χ1v) is 11.2. The highest BCUT2D eigenvalue weighted by Gasteiger charge is 2.17. The zero-order valence-electron chi connectivity index (χ0n) is 17.0. The van der Waals surface area contributed by atoms with Gasteiger partial charge >= 0.3 is 5.69 Å². The Morgan fingerprint density at radius 2 is 1.78 bits per heavy atom. The number of carbonyl (C=O) groups excluding carboxylic acids is 2. The van der Waals surface area contributed by atoms with Crippen LogP contribution in [-0.4, -0.2) is 37.5 Å². The minimum atomic E-state index is -1.12. The summed E-state index contributed by atoms with van der Waals surface area (Å²) in [6, 6.07) is 18.1. The fourth-order valence-electron chi connectivity index (χ4n) is 3.12. The summed E-state index contributed by atoms with van der Waals surface area (Å²) in [5, 5.41) is 0.210. The molecule has 0 spiro atoms. The summed E-state index contributed by atoms with van der Waals surface area (Å²) in [7, 11) is -1.12. The third-order valence-corrected chi connectivity index (χ3v) is 6.28. The van der Waals surface area contributed by atoms with Gasteiger partial charge in [0.2, 0.25) is 5.16 Å². The Morgan fingerprint density at radius 3 is 2.47 bits per heavy atom. The fraction of sp³-hybridized carbons (Fsp3) is 0.136. The summed E-state index contributed by atoms with van der Waals surface area (Å²) < 4.78 is 5.74. The van der Waals surface area contributed by atoms with E-state index in [1.165, 1.54) is 4.57 Å². The second-order valence-electron chi connectivity index (χ2n) is 6.88. The minimum Gasteiger partial charge on any atom is -0.382 e. The number of benzene rings is 2. The molecule has 1 amide bonds. The number of carbonyl (C=O) groups is 2. The van der Waals surface area contributed by atoms with Gasteiger partial charge < -0.3 is 15.5 Å². The first-order chi connectivity index (χ1) is 15.6. The second kappa shape index (κ2) is 9.48. The molecule has 0 saturated carbocycles. The Hall–Kier alpha value is -3.92. The molecule has 4 rings (SSSR count). The highest BCUT2D eigenvalue weighted by Crippen LogP contribution is 2.18. The van der Waals surface area contributed by atoms with Crippen LogP contribution < -0.4 is 11.4 Å². The molecule has 10 heteroatoms. The van der Waals surface area contributed by atoms with Crippen molar-refractivity contribution in [1.29, 1.82) is 0 Å². The van der Waals surface area contributed by atoms with Crippen LogP contribution in [0.25, 0.3) is 11.2 Å². The Kier molecular flexibility index (Phi) is 6.31. The maximum absolute atomic E-state index is 12.7. The Labute approximate surface area is 185 Å². The molecule has 162 valence electrons. The number of aldehydes is 1. The van der Waals surface area contributed by atoms with Crippen LogP contribution in [0.2, 0.25) is 0 Å². The van der Waals surface area contributed by atoms with Crippen LogP contribution in [0.4, 0.5) is 5.82 Å². The number of nitrogens with zero attached hydrogens (tertiary/aromatic N) is 4. The van der Waals surface area contributed by atoms with Gasteiger partial charge in [-0.05, 0) is 28.4 Å². The number of H-pyrrole nitrogens is 1. The number of imidazole rings is 1. The maximum atomic E-state index is 12.7. The molecule has 32 heavy (non-hydrogen) atoms. The first-order valence-electron chi connectivity index (χ1n) is 9.82. The van der Waals surface area contributed by atoms with Gasteiger partial charge in [-0.3, -0.25) is 9.36 Å². The number of hydrogen-bond acceptors (Lipinski definition) is 6. The van der Waals surface area contributed by atoms with E-state index in [2.05, 4.69) is 19.3 Å². The van der Waals surface area contributed by atoms with Crippen molar-refractivity contribution in [2.75, 3.05) is 11.5 Å². The molecule has 2 aromatic carbocycles. The molecule has 0 fully saturated rings. The Balaban J connectivity index is 1.81. The summed E-state index contributed by atoms with van der Waals surface area (Å²) in [4.78, 5) is 47.8. The molecular weight excluding hydrogens is 428 g/mol. The standard InChI is InChI=1S/C22H20N6O3S/c23-18-17-19(28(22(31)24-17)14-15-8-3-1-4-9-15)26-21(25-18)32(13-7-12-29)27-20(30)16-10-5-2-6-11-16/h1-6,8-12H,7,13-14H2,(H,24,31)(H2,23,25,26). The molecule has 0 aliphatic carbocycles. The molecule has 1 unspecified atom stereocenters. The lowest BCUT2D eigenvalue weighted by Gasteiger charge is -2.08. The quantitative estimate of drug-likeness (QED) is 0.329. The molecule has 0 bridgehead atoms. The molecular formula is C22H20N6O3S. The second-order valence-corrected chi connectivity index (χ2v) is 8.56. The third kappa shape index (κ3) is 4.54. The van der Waals surface area contributed by atoms with Gasteiger partial charge in [-0.2, -0.15) is 4.36 Å². The van der Waals surface area contributed by atoms with Crippen LogP contribution in [0, 0.1) is 0 Å². The molecule has 3 N–H and O–H groups in total. The van der Waals surface area contributed by atoms with E-state index >= 15 is 0 Å². The number of aromatic nitrogens is 4. The summed E-state index contributed by atoms with van der Waals surface area (Å²) in [5.74, 6) is -0.0851. The van der Waals surface area contributed by atoms with Crippen LogP contribution in [0.15, 0.2) is 75.0 Å². The molecule has 2 heterocycles. The van der Waals surface area contributed by atoms with Gasteiger partial charge in [0.15, 0.2) is 11.5 Å². The average Bonchev–Trinajstić information content (AvgIpc) is 3.13. The number of amides is 1. The highest BCUT2D eigenvalue weighted by atomic mass is 32.2. The van der Waals surface area contributed by atoms with Crippen molar-refractivity contribution in [2.24, 2.45) is 4.36 Å². The van der Waals surface area contributed by atoms with Gasteiger partial charge in [-0.25, -0.2) is 14.8 Å². The van der Waals surface area contributed by atoms with Crippen LogP contribution in [0.1, 0.15) is 22.3 Å². The summed E-state index contributed by atoms with van der Waals surface area (Å²) in [5.41, 5.74) is 7.73. The van der Waals surface area contributed by atoms with Crippen molar-refractivity contribution >= 4 is 39.9 Å². The number of aromatic amines is 1. The van der Waals surface area contributed by atoms with Crippen LogP contribution in [0.3, 0.4) is 0 Å². The monoisotopic (exact) mass is 448 g/mol. The summed E-state index contributed by atoms with van der Waals surface area (Å²) in [6.07, 6.45) is 0.936. The molecule has 9 nitrogen and oxygen atoms in total. The topological polar surface area (TPSA) is 136 Å². The molecule has 0 saturated heterocycles. The summed E-state index contributed by atoms with van der Waals surface area (Å²) in [6.45, 7) is 0.289. The van der Waals surface area contributed by atoms with Gasteiger partial charge in [0.25, 0.3) is 5.91 Å². The Morgan fingerprint density at radius 1 is 1.09 bits per heavy atom. The van der Waals surface area contributed by atoms with E-state index in [-0.39, 0.29) is 35.4 Å². The average molecular weight is 449 g/mol. The molecule has 1 atom stereocenters. The van der Waals surface area contributed by atoms with Crippen LogP contribution in [0.5, 0.6) is 0 Å². The lowest BCUT2D eigenvalue weighted by Crippen LogP contribution is -2.18. The predicted molar refractivity (Wildman–Crippen MR) is 122 cm³/mol. The van der Waals surface area contributed by atoms with Gasteiger partial charge in [0, 0.05) is 17.7 Å². The van der Waals surface area contributed by atoms with E-state index < -0.39 is 16.6 Å². The van der Waals surface area contributed by atoms with Gasteiger partial charge in [-0.1, -0.05) is 48.5 Å². The first kappa shape index (κ1) is 21.3. The largest absolute Gasteiger partial charge is 0.382 e. The fourth-order valence-corrected chi connectivity index (χ4v) is 4.50. The minimum absolute atomic E-state index is 0.0832. The molecule has 0 aliphatic heterocycles. The number of nitrogens with two attached hydrogens (primary N) is 1. The number of fused-ring (bicyclic) bond motifs is 1. The number of hydrogen-bond donors (Lipinski definition) is 2. The lowest BCUT2D eigenvalue weighted by atomic mass is 10.2. The van der Waals surface area contributed by atoms with E-state index in [1.807, 2.05) is 30.3 Å². The molecule has 2 aromatic heterocycles. The van der Waals surface area contributed by atoms with Crippen molar-refractivity contribution in [1.82, 2.24) is 19.5 Å². The van der Waals surface area contributed by atoms with E-state index in [1.54, 1.807) is 30.3 Å². The van der Waals surface area contributed by atoms with Crippen LogP contribution in [-0.2, 0) is 22.0 Å². The normalized spacial score (nSPS) is 12.1. The van der Waals surface area contributed by atoms with Crippen molar-refractivity contribution in [3.05, 3.63) is 82.3 Å². The highest BCUT2D eigenvalue weighted by molar-refractivity contribution is 7.87. The number of nitrogen functional groups attached to an aromatic ring is 1. The summed E-state index contributed by atoms with van der Waals surface area (Å²) >= 11 is 0. The zero-order valence-corrected chi connectivity index (χ0v) is 17.8. The van der Waals surface area contributed by atoms with Crippen LogP contribution >= 0.6 is 0 Å². The maximum Gasteiger partial charge on any atom is 0.328 e. The number of anilines is 1. The Bertz CT molecular complexity index is 1360. The van der Waals surface area contributed by atoms with Gasteiger partial charge in [-0.15, -0.1) is 0 Å². The third-order valence-electron chi connectivity index (χ3n) is 4.67. The SMILES string of the molecule is Nc1nc(S(CCC=O)=NC(=O)c2ccccc2)nc2c1[nH]c(=O)n2Cc1ccccc1. The van der Waals surface area contributed by atoms with E-state index in [0.717, 1.165) is 11.8 Å². The number of nitrogens with one attached hydrogen (secondary N) is 1. The zero-order chi connectivity index (χ0) is 22.5.